The molecule has 5 rings (SSSR count). The number of rotatable bonds is 8. The molecule has 0 unspecified atom stereocenters. The molecule has 0 aliphatic rings. The second-order valence-electron chi connectivity index (χ2n) is 8.33. The van der Waals surface area contributed by atoms with E-state index in [1.54, 1.807) is 12.3 Å². The van der Waals surface area contributed by atoms with Gasteiger partial charge >= 0.3 is 0 Å². The fourth-order valence-electron chi connectivity index (χ4n) is 4.22. The van der Waals surface area contributed by atoms with Crippen molar-refractivity contribution in [2.24, 2.45) is 0 Å². The number of aromatic amines is 2. The number of fused-ring (bicyclic) bond motifs is 1. The van der Waals surface area contributed by atoms with Gasteiger partial charge in [-0.1, -0.05) is 31.7 Å². The van der Waals surface area contributed by atoms with E-state index in [1.807, 2.05) is 36.9 Å². The van der Waals surface area contributed by atoms with Gasteiger partial charge in [0, 0.05) is 59.1 Å². The van der Waals surface area contributed by atoms with Crippen molar-refractivity contribution in [3.63, 3.8) is 0 Å². The highest BCUT2D eigenvalue weighted by molar-refractivity contribution is 5.95. The predicted molar refractivity (Wildman–Crippen MR) is 141 cm³/mol. The molecule has 5 aromatic rings. The monoisotopic (exact) mass is 461 g/mol. The SMILES string of the molecule is C=C/C=C(/c1cccnc1)c1cc(-c2n[nH]c3cnc(-c4cncc(CNCC)c4)cc23)[nH]c1C. The first-order valence-corrected chi connectivity index (χ1v) is 11.6. The summed E-state index contributed by atoms with van der Waals surface area (Å²) in [5.41, 5.74) is 9.83. The lowest BCUT2D eigenvalue weighted by Crippen LogP contribution is -2.11. The van der Waals surface area contributed by atoms with Crippen LogP contribution in [0.25, 0.3) is 39.1 Å². The molecule has 0 radical (unpaired) electrons. The van der Waals surface area contributed by atoms with Crippen LogP contribution in [0.2, 0.25) is 0 Å². The molecule has 7 heteroatoms. The lowest BCUT2D eigenvalue weighted by Gasteiger charge is -2.06. The average molecular weight is 462 g/mol. The topological polar surface area (TPSA) is 95.2 Å². The number of aryl methyl sites for hydroxylation is 1. The summed E-state index contributed by atoms with van der Waals surface area (Å²) in [4.78, 5) is 16.9. The van der Waals surface area contributed by atoms with Crippen molar-refractivity contribution >= 4 is 16.5 Å². The first-order chi connectivity index (χ1) is 17.2. The smallest absolute Gasteiger partial charge is 0.116 e. The minimum Gasteiger partial charge on any atom is -0.357 e. The van der Waals surface area contributed by atoms with E-state index >= 15 is 0 Å². The second kappa shape index (κ2) is 9.87. The summed E-state index contributed by atoms with van der Waals surface area (Å²) in [6.45, 7) is 9.74. The minimum atomic E-state index is 0.776. The molecule has 35 heavy (non-hydrogen) atoms. The van der Waals surface area contributed by atoms with Gasteiger partial charge in [0.25, 0.3) is 0 Å². The van der Waals surface area contributed by atoms with Gasteiger partial charge in [-0.25, -0.2) is 0 Å². The summed E-state index contributed by atoms with van der Waals surface area (Å²) in [7, 11) is 0. The van der Waals surface area contributed by atoms with E-state index in [1.165, 1.54) is 0 Å². The number of hydrogen-bond acceptors (Lipinski definition) is 5. The van der Waals surface area contributed by atoms with Gasteiger partial charge in [0.1, 0.15) is 5.69 Å². The summed E-state index contributed by atoms with van der Waals surface area (Å²) < 4.78 is 0. The molecule has 0 saturated carbocycles. The molecular formula is C28H27N7. The summed E-state index contributed by atoms with van der Waals surface area (Å²) in [6, 6.07) is 10.3. The van der Waals surface area contributed by atoms with E-state index in [9.17, 15) is 0 Å². The highest BCUT2D eigenvalue weighted by atomic mass is 15.1. The van der Waals surface area contributed by atoms with E-state index in [0.29, 0.717) is 0 Å². The Bertz CT molecular complexity index is 1510. The maximum absolute atomic E-state index is 4.65. The van der Waals surface area contributed by atoms with Crippen LogP contribution < -0.4 is 5.32 Å². The van der Waals surface area contributed by atoms with E-state index < -0.39 is 0 Å². The molecule has 0 saturated heterocycles. The Balaban J connectivity index is 1.55. The van der Waals surface area contributed by atoms with Crippen LogP contribution in [0.15, 0.2) is 80.0 Å². The van der Waals surface area contributed by atoms with Crippen LogP contribution in [0.4, 0.5) is 0 Å². The largest absolute Gasteiger partial charge is 0.357 e. The highest BCUT2D eigenvalue weighted by Gasteiger charge is 2.17. The van der Waals surface area contributed by atoms with Crippen molar-refractivity contribution in [3.05, 3.63) is 102 Å². The standard InChI is InChI=1S/C28H27N7/c1-4-7-22(20-8-6-9-30-15-20)23-11-26(33-18(23)3)28-24-12-25(32-17-27(24)34-35-28)21-10-19(13-29-5-2)14-31-16-21/h4,6-12,14-17,29,33H,1,5,13H2,2-3H3,(H,34,35)/b22-7-. The van der Waals surface area contributed by atoms with Gasteiger partial charge in [-0.3, -0.25) is 20.1 Å². The third kappa shape index (κ3) is 4.54. The van der Waals surface area contributed by atoms with Crippen LogP contribution in [-0.2, 0) is 6.54 Å². The Morgan fingerprint density at radius 3 is 2.83 bits per heavy atom. The number of allylic oxidation sites excluding steroid dienone is 2. The van der Waals surface area contributed by atoms with E-state index in [4.69, 9.17) is 0 Å². The summed E-state index contributed by atoms with van der Waals surface area (Å²) in [6.07, 6.45) is 13.0. The fourth-order valence-corrected chi connectivity index (χ4v) is 4.22. The summed E-state index contributed by atoms with van der Waals surface area (Å²) in [5.74, 6) is 0. The van der Waals surface area contributed by atoms with Crippen molar-refractivity contribution in [3.8, 4) is 22.6 Å². The molecular weight excluding hydrogens is 434 g/mol. The lowest BCUT2D eigenvalue weighted by molar-refractivity contribution is 0.724. The average Bonchev–Trinajstić information content (AvgIpc) is 3.49. The van der Waals surface area contributed by atoms with Crippen LogP contribution in [0.5, 0.6) is 0 Å². The maximum atomic E-state index is 4.65. The molecule has 3 N–H and O–H groups in total. The van der Waals surface area contributed by atoms with E-state index in [2.05, 4.69) is 80.1 Å². The van der Waals surface area contributed by atoms with Crippen molar-refractivity contribution in [1.29, 1.82) is 0 Å². The maximum Gasteiger partial charge on any atom is 0.116 e. The number of H-pyrrole nitrogens is 2. The molecule has 5 heterocycles. The Morgan fingerprint density at radius 2 is 2.03 bits per heavy atom. The second-order valence-corrected chi connectivity index (χ2v) is 8.33. The molecule has 0 aliphatic carbocycles. The van der Waals surface area contributed by atoms with Crippen molar-refractivity contribution in [2.75, 3.05) is 6.54 Å². The van der Waals surface area contributed by atoms with Crippen molar-refractivity contribution in [1.82, 2.24) is 35.5 Å². The third-order valence-electron chi connectivity index (χ3n) is 5.93. The van der Waals surface area contributed by atoms with Gasteiger partial charge < -0.3 is 10.3 Å². The van der Waals surface area contributed by atoms with Gasteiger partial charge in [-0.05, 0) is 48.9 Å². The van der Waals surface area contributed by atoms with Crippen LogP contribution in [0.3, 0.4) is 0 Å². The summed E-state index contributed by atoms with van der Waals surface area (Å²) >= 11 is 0. The predicted octanol–water partition coefficient (Wildman–Crippen LogP) is 5.45. The van der Waals surface area contributed by atoms with Crippen molar-refractivity contribution in [2.45, 2.75) is 20.4 Å². The summed E-state index contributed by atoms with van der Waals surface area (Å²) in [5, 5.41) is 12.1. The molecule has 0 amide bonds. The quantitative estimate of drug-likeness (QED) is 0.267. The minimum absolute atomic E-state index is 0.776. The van der Waals surface area contributed by atoms with Gasteiger partial charge in [0.05, 0.1) is 23.1 Å². The lowest BCUT2D eigenvalue weighted by atomic mass is 9.99. The van der Waals surface area contributed by atoms with E-state index in [-0.39, 0.29) is 0 Å². The third-order valence-corrected chi connectivity index (χ3v) is 5.93. The molecule has 0 aromatic carbocycles. The number of aromatic nitrogens is 6. The molecule has 7 nitrogen and oxygen atoms in total. The van der Waals surface area contributed by atoms with Crippen LogP contribution in [0, 0.1) is 6.92 Å². The Kier molecular flexibility index (Phi) is 6.32. The highest BCUT2D eigenvalue weighted by Crippen LogP contribution is 2.33. The molecule has 0 spiro atoms. The molecule has 0 aliphatic heterocycles. The molecule has 0 bridgehead atoms. The number of hydrogen-bond donors (Lipinski definition) is 3. The molecule has 5 aromatic heterocycles. The van der Waals surface area contributed by atoms with Crippen molar-refractivity contribution < 1.29 is 0 Å². The molecule has 174 valence electrons. The van der Waals surface area contributed by atoms with Crippen LogP contribution >= 0.6 is 0 Å². The van der Waals surface area contributed by atoms with Gasteiger partial charge in [-0.15, -0.1) is 0 Å². The first-order valence-electron chi connectivity index (χ1n) is 11.6. The van der Waals surface area contributed by atoms with Gasteiger partial charge in [-0.2, -0.15) is 5.10 Å². The van der Waals surface area contributed by atoms with Gasteiger partial charge in [0.15, 0.2) is 0 Å². The molecule has 0 atom stereocenters. The fraction of sp³-hybridized carbons (Fsp3) is 0.143. The zero-order valence-corrected chi connectivity index (χ0v) is 19.8. The number of nitrogens with one attached hydrogen (secondary N) is 3. The van der Waals surface area contributed by atoms with E-state index in [0.717, 1.165) is 74.6 Å². The first kappa shape index (κ1) is 22.4. The van der Waals surface area contributed by atoms with Crippen LogP contribution in [-0.4, -0.2) is 36.7 Å². The van der Waals surface area contributed by atoms with Crippen LogP contribution in [0.1, 0.15) is 29.3 Å². The Hall–Kier alpha value is -4.36. The Morgan fingerprint density at radius 1 is 1.11 bits per heavy atom. The zero-order valence-electron chi connectivity index (χ0n) is 19.8. The zero-order chi connectivity index (χ0) is 24.2. The normalized spacial score (nSPS) is 11.8. The molecule has 0 fully saturated rings. The Labute approximate surface area is 204 Å². The number of pyridine rings is 3. The number of nitrogens with zero attached hydrogens (tertiary/aromatic N) is 4. The van der Waals surface area contributed by atoms with Gasteiger partial charge in [0.2, 0.25) is 0 Å².